The van der Waals surface area contributed by atoms with Crippen molar-refractivity contribution in [1.29, 1.82) is 0 Å². The first-order valence-electron chi connectivity index (χ1n) is 6.62. The van der Waals surface area contributed by atoms with E-state index in [9.17, 15) is 18.0 Å². The van der Waals surface area contributed by atoms with Crippen LogP contribution in [0.25, 0.3) is 4.85 Å². The van der Waals surface area contributed by atoms with Crippen LogP contribution in [0.2, 0.25) is 0 Å². The fourth-order valence-corrected chi connectivity index (χ4v) is 2.58. The Morgan fingerprint density at radius 2 is 2.09 bits per heavy atom. The third-order valence-electron chi connectivity index (χ3n) is 3.97. The number of halogens is 3. The summed E-state index contributed by atoms with van der Waals surface area (Å²) < 4.78 is 44.5. The summed E-state index contributed by atoms with van der Waals surface area (Å²) in [5.41, 5.74) is -0.707. The SMILES string of the molecule is [C-]#[N+]/C=C\C1C(C(=O)OCc2cc(F)cc(F)c2F)C1(C)C. The number of ether oxygens (including phenoxy) is 1. The lowest BCUT2D eigenvalue weighted by Crippen LogP contribution is -2.11. The maximum absolute atomic E-state index is 13.5. The van der Waals surface area contributed by atoms with Crippen LogP contribution in [0.15, 0.2) is 24.4 Å². The van der Waals surface area contributed by atoms with E-state index in [0.29, 0.717) is 6.07 Å². The normalized spacial score (nSPS) is 22.4. The molecule has 0 radical (unpaired) electrons. The maximum Gasteiger partial charge on any atom is 0.310 e. The topological polar surface area (TPSA) is 30.7 Å². The molecule has 1 aromatic carbocycles. The Morgan fingerprint density at radius 1 is 1.41 bits per heavy atom. The van der Waals surface area contributed by atoms with Crippen molar-refractivity contribution in [3.05, 3.63) is 58.8 Å². The average Bonchev–Trinajstić information content (AvgIpc) is 2.99. The predicted octanol–water partition coefficient (Wildman–Crippen LogP) is 3.85. The van der Waals surface area contributed by atoms with Gasteiger partial charge in [0.05, 0.1) is 12.5 Å². The zero-order chi connectivity index (χ0) is 16.5. The van der Waals surface area contributed by atoms with Gasteiger partial charge < -0.3 is 4.74 Å². The lowest BCUT2D eigenvalue weighted by atomic mass is 10.1. The first-order chi connectivity index (χ1) is 10.3. The van der Waals surface area contributed by atoms with Gasteiger partial charge in [0.1, 0.15) is 12.4 Å². The van der Waals surface area contributed by atoms with Crippen LogP contribution in [-0.4, -0.2) is 5.97 Å². The smallest absolute Gasteiger partial charge is 0.310 e. The summed E-state index contributed by atoms with van der Waals surface area (Å²) in [6.07, 6.45) is 2.91. The van der Waals surface area contributed by atoms with Crippen molar-refractivity contribution in [1.82, 2.24) is 0 Å². The van der Waals surface area contributed by atoms with Gasteiger partial charge in [-0.1, -0.05) is 19.9 Å². The number of carbonyl (C=O) groups excluding carboxylic acids is 1. The molecule has 1 saturated carbocycles. The Balaban J connectivity index is 2.03. The molecule has 0 heterocycles. The Labute approximate surface area is 126 Å². The fourth-order valence-electron chi connectivity index (χ4n) is 2.58. The third kappa shape index (κ3) is 2.98. The molecule has 0 amide bonds. The minimum absolute atomic E-state index is 0.136. The van der Waals surface area contributed by atoms with Crippen molar-refractivity contribution < 1.29 is 22.7 Å². The second-order valence-corrected chi connectivity index (χ2v) is 5.76. The van der Waals surface area contributed by atoms with Crippen LogP contribution in [0.1, 0.15) is 19.4 Å². The quantitative estimate of drug-likeness (QED) is 0.480. The van der Waals surface area contributed by atoms with Crippen molar-refractivity contribution in [3.8, 4) is 0 Å². The Hall–Kier alpha value is -2.29. The van der Waals surface area contributed by atoms with Crippen molar-refractivity contribution in [2.45, 2.75) is 20.5 Å². The van der Waals surface area contributed by atoms with E-state index in [2.05, 4.69) is 4.85 Å². The van der Waals surface area contributed by atoms with Gasteiger partial charge in [-0.3, -0.25) is 4.79 Å². The first-order valence-corrected chi connectivity index (χ1v) is 6.62. The third-order valence-corrected chi connectivity index (χ3v) is 3.97. The van der Waals surface area contributed by atoms with Gasteiger partial charge >= 0.3 is 5.97 Å². The van der Waals surface area contributed by atoms with E-state index < -0.39 is 35.9 Å². The van der Waals surface area contributed by atoms with Crippen LogP contribution < -0.4 is 0 Å². The monoisotopic (exact) mass is 309 g/mol. The summed E-state index contributed by atoms with van der Waals surface area (Å²) in [4.78, 5) is 15.1. The number of hydrogen-bond acceptors (Lipinski definition) is 2. The molecule has 0 spiro atoms. The average molecular weight is 309 g/mol. The lowest BCUT2D eigenvalue weighted by Gasteiger charge is -2.07. The molecule has 2 unspecified atom stereocenters. The van der Waals surface area contributed by atoms with Gasteiger partial charge in [0, 0.05) is 11.6 Å². The molecule has 0 N–H and O–H groups in total. The molecular weight excluding hydrogens is 295 g/mol. The highest BCUT2D eigenvalue weighted by Crippen LogP contribution is 2.59. The molecule has 1 aliphatic rings. The van der Waals surface area contributed by atoms with Gasteiger partial charge in [0.15, 0.2) is 17.8 Å². The van der Waals surface area contributed by atoms with Crippen molar-refractivity contribution in [2.24, 2.45) is 17.3 Å². The van der Waals surface area contributed by atoms with Gasteiger partial charge in [-0.2, -0.15) is 0 Å². The van der Waals surface area contributed by atoms with Crippen molar-refractivity contribution in [3.63, 3.8) is 0 Å². The van der Waals surface area contributed by atoms with Crippen LogP contribution in [0.3, 0.4) is 0 Å². The van der Waals surface area contributed by atoms with Crippen LogP contribution in [0.4, 0.5) is 13.2 Å². The van der Waals surface area contributed by atoms with Gasteiger partial charge in [-0.05, 0) is 17.4 Å². The molecule has 0 bridgehead atoms. The second-order valence-electron chi connectivity index (χ2n) is 5.76. The van der Waals surface area contributed by atoms with E-state index in [1.54, 1.807) is 6.08 Å². The fraction of sp³-hybridized carbons (Fsp3) is 0.375. The maximum atomic E-state index is 13.5. The summed E-state index contributed by atoms with van der Waals surface area (Å²) in [5.74, 6) is -4.65. The standard InChI is InChI=1S/C16H14F3NO2/c1-16(2)11(4-5-20-3)13(16)15(21)22-8-9-6-10(17)7-12(18)14(9)19/h4-7,11,13H,8H2,1-2H3/b5-4-. The number of nitrogens with zero attached hydrogens (tertiary/aromatic N) is 1. The molecule has 0 saturated heterocycles. The highest BCUT2D eigenvalue weighted by molar-refractivity contribution is 5.78. The number of allylic oxidation sites excluding steroid dienone is 1. The zero-order valence-electron chi connectivity index (χ0n) is 12.1. The molecule has 6 heteroatoms. The molecule has 116 valence electrons. The molecule has 2 atom stereocenters. The van der Waals surface area contributed by atoms with E-state index in [4.69, 9.17) is 11.3 Å². The molecular formula is C16H14F3NO2. The molecule has 2 rings (SSSR count). The van der Waals surface area contributed by atoms with E-state index in [1.165, 1.54) is 6.20 Å². The number of carbonyl (C=O) groups is 1. The summed E-state index contributed by atoms with van der Waals surface area (Å²) in [7, 11) is 0. The predicted molar refractivity (Wildman–Crippen MR) is 72.6 cm³/mol. The Morgan fingerprint density at radius 3 is 2.73 bits per heavy atom. The summed E-state index contributed by atoms with van der Waals surface area (Å²) in [6, 6.07) is 1.22. The number of rotatable bonds is 4. The Kier molecular flexibility index (Phi) is 4.27. The van der Waals surface area contributed by atoms with Gasteiger partial charge in [-0.15, -0.1) is 0 Å². The zero-order valence-corrected chi connectivity index (χ0v) is 12.1. The molecule has 1 fully saturated rings. The summed E-state index contributed by atoms with van der Waals surface area (Å²) in [5, 5.41) is 0. The lowest BCUT2D eigenvalue weighted by molar-refractivity contribution is -0.147. The highest BCUT2D eigenvalue weighted by Gasteiger charge is 2.61. The van der Waals surface area contributed by atoms with E-state index in [0.717, 1.165) is 6.07 Å². The Bertz CT molecular complexity index is 677. The first kappa shape index (κ1) is 16.1. The van der Waals surface area contributed by atoms with Gasteiger partial charge in [-0.25, -0.2) is 18.0 Å². The van der Waals surface area contributed by atoms with E-state index in [1.807, 2.05) is 13.8 Å². The minimum atomic E-state index is -1.32. The molecule has 3 nitrogen and oxygen atoms in total. The van der Waals surface area contributed by atoms with Gasteiger partial charge in [0.2, 0.25) is 0 Å². The van der Waals surface area contributed by atoms with Crippen LogP contribution in [0.5, 0.6) is 0 Å². The number of benzene rings is 1. The molecule has 1 aromatic rings. The minimum Gasteiger partial charge on any atom is -0.460 e. The number of hydrogen-bond donors (Lipinski definition) is 0. The largest absolute Gasteiger partial charge is 0.460 e. The summed E-state index contributed by atoms with van der Waals surface area (Å²) >= 11 is 0. The van der Waals surface area contributed by atoms with Crippen LogP contribution >= 0.6 is 0 Å². The van der Waals surface area contributed by atoms with Crippen molar-refractivity contribution in [2.75, 3.05) is 0 Å². The number of esters is 1. The van der Waals surface area contributed by atoms with Crippen LogP contribution in [0, 0.1) is 41.3 Å². The molecule has 0 aromatic heterocycles. The summed E-state index contributed by atoms with van der Waals surface area (Å²) in [6.45, 7) is 9.85. The highest BCUT2D eigenvalue weighted by atomic mass is 19.2. The van der Waals surface area contributed by atoms with Crippen molar-refractivity contribution >= 4 is 5.97 Å². The van der Waals surface area contributed by atoms with Gasteiger partial charge in [0.25, 0.3) is 0 Å². The molecule has 1 aliphatic carbocycles. The molecule has 0 aliphatic heterocycles. The molecule has 22 heavy (non-hydrogen) atoms. The van der Waals surface area contributed by atoms with Crippen LogP contribution in [-0.2, 0) is 16.1 Å². The second kappa shape index (κ2) is 5.84. The van der Waals surface area contributed by atoms with E-state index >= 15 is 0 Å². The van der Waals surface area contributed by atoms with E-state index in [-0.39, 0.29) is 16.9 Å².